The highest BCUT2D eigenvalue weighted by atomic mass is 32.2. The van der Waals surface area contributed by atoms with Crippen molar-refractivity contribution in [3.05, 3.63) is 90.0 Å². The van der Waals surface area contributed by atoms with E-state index in [2.05, 4.69) is 9.44 Å². The third-order valence-electron chi connectivity index (χ3n) is 4.60. The molecule has 3 aromatic rings. The van der Waals surface area contributed by atoms with Gasteiger partial charge in [0.2, 0.25) is 20.0 Å². The molecule has 0 saturated carbocycles. The highest BCUT2D eigenvalue weighted by molar-refractivity contribution is 7.89. The van der Waals surface area contributed by atoms with Gasteiger partial charge in [-0.25, -0.2) is 26.3 Å². The standard InChI is InChI=1S/C23H26N2O4S2/c1-18(2)25-30(26,27)17-22-11-7-6-10-21(22)16-24-31(28,29)23-14-12-20(13-15-23)19-8-4-3-5-9-19/h3-15,18,24-25H,16-17H2,1-2H3. The lowest BCUT2D eigenvalue weighted by molar-refractivity contribution is 0.568. The molecule has 0 heterocycles. The van der Waals surface area contributed by atoms with Crippen LogP contribution in [0.5, 0.6) is 0 Å². The number of rotatable bonds is 9. The molecule has 6 nitrogen and oxygen atoms in total. The summed E-state index contributed by atoms with van der Waals surface area (Å²) in [5, 5.41) is 0. The molecule has 0 atom stereocenters. The van der Waals surface area contributed by atoms with Gasteiger partial charge in [0.1, 0.15) is 0 Å². The molecule has 0 amide bonds. The number of nitrogens with one attached hydrogen (secondary N) is 2. The van der Waals surface area contributed by atoms with Crippen molar-refractivity contribution in [1.82, 2.24) is 9.44 Å². The van der Waals surface area contributed by atoms with E-state index in [1.54, 1.807) is 62.4 Å². The van der Waals surface area contributed by atoms with Crippen LogP contribution in [0.2, 0.25) is 0 Å². The Morgan fingerprint density at radius 2 is 1.26 bits per heavy atom. The Kier molecular flexibility index (Phi) is 7.27. The first-order valence-corrected chi connectivity index (χ1v) is 13.0. The minimum atomic E-state index is -3.75. The zero-order chi connectivity index (χ0) is 22.5. The predicted molar refractivity (Wildman–Crippen MR) is 123 cm³/mol. The van der Waals surface area contributed by atoms with Gasteiger partial charge in [-0.05, 0) is 48.2 Å². The van der Waals surface area contributed by atoms with Gasteiger partial charge in [-0.3, -0.25) is 0 Å². The van der Waals surface area contributed by atoms with Crippen LogP contribution in [0.3, 0.4) is 0 Å². The van der Waals surface area contributed by atoms with Gasteiger partial charge < -0.3 is 0 Å². The molecule has 164 valence electrons. The highest BCUT2D eigenvalue weighted by Crippen LogP contribution is 2.21. The van der Waals surface area contributed by atoms with E-state index in [9.17, 15) is 16.8 Å². The lowest BCUT2D eigenvalue weighted by atomic mass is 10.1. The van der Waals surface area contributed by atoms with E-state index >= 15 is 0 Å². The lowest BCUT2D eigenvalue weighted by Crippen LogP contribution is -2.31. The molecule has 2 N–H and O–H groups in total. The van der Waals surface area contributed by atoms with E-state index in [1.807, 2.05) is 30.3 Å². The largest absolute Gasteiger partial charge is 0.240 e. The van der Waals surface area contributed by atoms with Gasteiger partial charge >= 0.3 is 0 Å². The minimum Gasteiger partial charge on any atom is -0.212 e. The number of benzene rings is 3. The molecule has 0 saturated heterocycles. The third kappa shape index (κ3) is 6.48. The molecule has 0 unspecified atom stereocenters. The summed E-state index contributed by atoms with van der Waals surface area (Å²) in [6.07, 6.45) is 0. The van der Waals surface area contributed by atoms with E-state index in [-0.39, 0.29) is 23.2 Å². The number of hydrogen-bond donors (Lipinski definition) is 2. The van der Waals surface area contributed by atoms with Crippen LogP contribution in [0, 0.1) is 0 Å². The highest BCUT2D eigenvalue weighted by Gasteiger charge is 2.18. The maximum Gasteiger partial charge on any atom is 0.240 e. The van der Waals surface area contributed by atoms with Gasteiger partial charge in [-0.1, -0.05) is 66.7 Å². The Morgan fingerprint density at radius 1 is 0.710 bits per heavy atom. The molecule has 3 aromatic carbocycles. The smallest absolute Gasteiger partial charge is 0.212 e. The lowest BCUT2D eigenvalue weighted by Gasteiger charge is -2.13. The van der Waals surface area contributed by atoms with Crippen molar-refractivity contribution < 1.29 is 16.8 Å². The molecule has 0 aliphatic rings. The molecular formula is C23H26N2O4S2. The first kappa shape index (κ1) is 23.1. The second-order valence-corrected chi connectivity index (χ2v) is 11.0. The van der Waals surface area contributed by atoms with Crippen LogP contribution >= 0.6 is 0 Å². The Hall–Kier alpha value is -2.52. The molecule has 0 aromatic heterocycles. The van der Waals surface area contributed by atoms with Gasteiger partial charge in [0.25, 0.3) is 0 Å². The second-order valence-electron chi connectivity index (χ2n) is 7.52. The summed E-state index contributed by atoms with van der Waals surface area (Å²) in [5.74, 6) is -0.213. The molecule has 3 rings (SSSR count). The maximum atomic E-state index is 12.8. The fourth-order valence-electron chi connectivity index (χ4n) is 3.19. The average molecular weight is 459 g/mol. The Bertz CT molecular complexity index is 1220. The first-order chi connectivity index (χ1) is 14.7. The van der Waals surface area contributed by atoms with Gasteiger partial charge in [0.05, 0.1) is 10.6 Å². The summed E-state index contributed by atoms with van der Waals surface area (Å²) in [6.45, 7) is 3.50. The van der Waals surface area contributed by atoms with Crippen molar-refractivity contribution in [2.24, 2.45) is 0 Å². The zero-order valence-electron chi connectivity index (χ0n) is 17.4. The summed E-state index contributed by atoms with van der Waals surface area (Å²) in [5.41, 5.74) is 3.09. The Balaban J connectivity index is 1.74. The predicted octanol–water partition coefficient (Wildman–Crippen LogP) is 3.66. The summed E-state index contributed by atoms with van der Waals surface area (Å²) >= 11 is 0. The molecular weight excluding hydrogens is 432 g/mol. The van der Waals surface area contributed by atoms with Gasteiger partial charge in [-0.15, -0.1) is 0 Å². The molecule has 0 aliphatic carbocycles. The second kappa shape index (κ2) is 9.74. The van der Waals surface area contributed by atoms with Crippen LogP contribution in [0.15, 0.2) is 83.8 Å². The zero-order valence-corrected chi connectivity index (χ0v) is 19.1. The molecule has 0 aliphatic heterocycles. The van der Waals surface area contributed by atoms with Crippen LogP contribution in [-0.4, -0.2) is 22.9 Å². The Labute approximate surface area is 184 Å². The van der Waals surface area contributed by atoms with Gasteiger partial charge in [-0.2, -0.15) is 0 Å². The van der Waals surface area contributed by atoms with Crippen LogP contribution in [0.4, 0.5) is 0 Å². The molecule has 0 radical (unpaired) electrons. The van der Waals surface area contributed by atoms with Crippen LogP contribution in [-0.2, 0) is 32.3 Å². The quantitative estimate of drug-likeness (QED) is 0.512. The van der Waals surface area contributed by atoms with Crippen molar-refractivity contribution in [3.63, 3.8) is 0 Å². The fraction of sp³-hybridized carbons (Fsp3) is 0.217. The van der Waals surface area contributed by atoms with Crippen molar-refractivity contribution in [3.8, 4) is 11.1 Å². The van der Waals surface area contributed by atoms with E-state index in [0.29, 0.717) is 11.1 Å². The van der Waals surface area contributed by atoms with Crippen molar-refractivity contribution >= 4 is 20.0 Å². The molecule has 8 heteroatoms. The summed E-state index contributed by atoms with van der Waals surface area (Å²) in [4.78, 5) is 0.152. The van der Waals surface area contributed by atoms with Gasteiger partial charge in [0.15, 0.2) is 0 Å². The summed E-state index contributed by atoms with van der Waals surface area (Å²) in [7, 11) is -7.27. The first-order valence-electron chi connectivity index (χ1n) is 9.88. The fourth-order valence-corrected chi connectivity index (χ4v) is 5.69. The van der Waals surface area contributed by atoms with E-state index in [0.717, 1.165) is 11.1 Å². The van der Waals surface area contributed by atoms with Crippen molar-refractivity contribution in [2.45, 2.75) is 37.1 Å². The third-order valence-corrected chi connectivity index (χ3v) is 7.54. The molecule has 0 spiro atoms. The van der Waals surface area contributed by atoms with E-state index in [1.165, 1.54) is 0 Å². The number of sulfonamides is 2. The molecule has 31 heavy (non-hydrogen) atoms. The monoisotopic (exact) mass is 458 g/mol. The average Bonchev–Trinajstić information content (AvgIpc) is 2.73. The Morgan fingerprint density at radius 3 is 1.87 bits per heavy atom. The summed E-state index contributed by atoms with van der Waals surface area (Å²) in [6, 6.07) is 23.0. The molecule has 0 fully saturated rings. The van der Waals surface area contributed by atoms with E-state index in [4.69, 9.17) is 0 Å². The van der Waals surface area contributed by atoms with Crippen LogP contribution in [0.1, 0.15) is 25.0 Å². The van der Waals surface area contributed by atoms with Crippen LogP contribution < -0.4 is 9.44 Å². The SMILES string of the molecule is CC(C)NS(=O)(=O)Cc1ccccc1CNS(=O)(=O)c1ccc(-c2ccccc2)cc1. The minimum absolute atomic E-state index is 0.00383. The van der Waals surface area contributed by atoms with Crippen molar-refractivity contribution in [2.75, 3.05) is 0 Å². The topological polar surface area (TPSA) is 92.3 Å². The van der Waals surface area contributed by atoms with Crippen LogP contribution in [0.25, 0.3) is 11.1 Å². The normalized spacial score (nSPS) is 12.2. The summed E-state index contributed by atoms with van der Waals surface area (Å²) < 4.78 is 55.2. The molecule has 0 bridgehead atoms. The van der Waals surface area contributed by atoms with Gasteiger partial charge in [0, 0.05) is 12.6 Å². The maximum absolute atomic E-state index is 12.8. The number of hydrogen-bond acceptors (Lipinski definition) is 4. The van der Waals surface area contributed by atoms with E-state index < -0.39 is 20.0 Å². The van der Waals surface area contributed by atoms with Crippen molar-refractivity contribution in [1.29, 1.82) is 0 Å².